The van der Waals surface area contributed by atoms with Gasteiger partial charge in [0.05, 0.1) is 21.6 Å². The fourth-order valence-corrected chi connectivity index (χ4v) is 2.50. The summed E-state index contributed by atoms with van der Waals surface area (Å²) in [5, 5.41) is 0.722. The Labute approximate surface area is 127 Å². The molecule has 0 saturated heterocycles. The van der Waals surface area contributed by atoms with Gasteiger partial charge in [-0.2, -0.15) is 0 Å². The van der Waals surface area contributed by atoms with Crippen molar-refractivity contribution in [1.82, 2.24) is 0 Å². The van der Waals surface area contributed by atoms with Crippen molar-refractivity contribution in [2.45, 2.75) is 26.4 Å². The van der Waals surface area contributed by atoms with Crippen molar-refractivity contribution in [3.8, 4) is 5.06 Å². The van der Waals surface area contributed by atoms with E-state index in [0.29, 0.717) is 18.1 Å². The number of hydrogen-bond donors (Lipinski definition) is 0. The number of aldehydes is 1. The maximum Gasteiger partial charge on any atom is 0.188 e. The topological polar surface area (TPSA) is 44.8 Å². The number of rotatable bonds is 5. The minimum Gasteiger partial charge on any atom is -0.481 e. The summed E-state index contributed by atoms with van der Waals surface area (Å²) < 4.78 is 16.1. The zero-order chi connectivity index (χ0) is 14.9. The van der Waals surface area contributed by atoms with Crippen LogP contribution in [0.25, 0.3) is 0 Å². The first-order valence-electron chi connectivity index (χ1n) is 5.75. The Balaban J connectivity index is 0.000000982. The molecule has 1 rings (SSSR count). The highest BCUT2D eigenvalue weighted by Gasteiger charge is 2.11. The molecule has 0 amide bonds. The quantitative estimate of drug-likeness (QED) is 0.597. The van der Waals surface area contributed by atoms with Crippen LogP contribution in [0.15, 0.2) is 10.5 Å². The molecule has 6 heteroatoms. The number of hydrogen-bond acceptors (Lipinski definition) is 5. The Morgan fingerprint density at radius 1 is 1.32 bits per heavy atom. The molecule has 19 heavy (non-hydrogen) atoms. The number of carbonyl (C=O) groups excluding carboxylic acids is 1. The van der Waals surface area contributed by atoms with E-state index in [9.17, 15) is 4.79 Å². The molecule has 0 spiro atoms. The van der Waals surface area contributed by atoms with E-state index in [2.05, 4.69) is 20.7 Å². The molecule has 0 fully saturated rings. The zero-order valence-electron chi connectivity index (χ0n) is 12.0. The fourth-order valence-electron chi connectivity index (χ4n) is 1.01. The second-order valence-corrected chi connectivity index (χ2v) is 6.52. The van der Waals surface area contributed by atoms with E-state index in [1.165, 1.54) is 11.3 Å². The standard InChI is InChI=1S/C11H15BrO3S.C2H6O/c1-11(2,3)15-5-4-14-10-9(12)6-8(7-13)16-10;1-3-2/h6-7H,4-5H2,1-3H3;1-2H3. The van der Waals surface area contributed by atoms with Crippen molar-refractivity contribution in [1.29, 1.82) is 0 Å². The van der Waals surface area contributed by atoms with Crippen LogP contribution < -0.4 is 4.74 Å². The number of carbonyl (C=O) groups is 1. The van der Waals surface area contributed by atoms with Crippen LogP contribution in [0.5, 0.6) is 5.06 Å². The van der Waals surface area contributed by atoms with Crippen LogP contribution in [0, 0.1) is 0 Å². The molecule has 110 valence electrons. The molecule has 0 unspecified atom stereocenters. The molecule has 0 N–H and O–H groups in total. The van der Waals surface area contributed by atoms with E-state index in [1.807, 2.05) is 20.8 Å². The molecule has 0 saturated carbocycles. The SMILES string of the molecule is CC(C)(C)OCCOc1sc(C=O)cc1Br.COC. The minimum atomic E-state index is -0.149. The van der Waals surface area contributed by atoms with Gasteiger partial charge in [0.1, 0.15) is 6.61 Å². The van der Waals surface area contributed by atoms with Gasteiger partial charge in [0, 0.05) is 14.2 Å². The van der Waals surface area contributed by atoms with Crippen molar-refractivity contribution in [3.05, 3.63) is 15.4 Å². The van der Waals surface area contributed by atoms with Crippen LogP contribution in [-0.4, -0.2) is 39.3 Å². The summed E-state index contributed by atoms with van der Waals surface area (Å²) in [6.45, 7) is 7.01. The van der Waals surface area contributed by atoms with Crippen LogP contribution >= 0.6 is 27.3 Å². The van der Waals surface area contributed by atoms with Gasteiger partial charge in [-0.3, -0.25) is 4.79 Å². The predicted octanol–water partition coefficient (Wildman–Crippen LogP) is 3.78. The highest BCUT2D eigenvalue weighted by atomic mass is 79.9. The lowest BCUT2D eigenvalue weighted by molar-refractivity contribution is -0.0159. The summed E-state index contributed by atoms with van der Waals surface area (Å²) in [4.78, 5) is 11.2. The highest BCUT2D eigenvalue weighted by molar-refractivity contribution is 9.10. The molecule has 1 aromatic rings. The van der Waals surface area contributed by atoms with E-state index in [0.717, 1.165) is 15.8 Å². The van der Waals surface area contributed by atoms with Crippen molar-refractivity contribution < 1.29 is 19.0 Å². The van der Waals surface area contributed by atoms with E-state index < -0.39 is 0 Å². The molecule has 0 aliphatic carbocycles. The molecule has 1 heterocycles. The maximum absolute atomic E-state index is 10.5. The van der Waals surface area contributed by atoms with Gasteiger partial charge in [0.25, 0.3) is 0 Å². The lowest BCUT2D eigenvalue weighted by Crippen LogP contribution is -2.22. The highest BCUT2D eigenvalue weighted by Crippen LogP contribution is 2.34. The summed E-state index contributed by atoms with van der Waals surface area (Å²) in [6, 6.07) is 1.75. The minimum absolute atomic E-state index is 0.149. The Morgan fingerprint density at radius 2 is 1.89 bits per heavy atom. The number of thiophene rings is 1. The van der Waals surface area contributed by atoms with Gasteiger partial charge < -0.3 is 14.2 Å². The first-order chi connectivity index (χ1) is 8.84. The van der Waals surface area contributed by atoms with Gasteiger partial charge in [-0.05, 0) is 42.8 Å². The van der Waals surface area contributed by atoms with E-state index in [4.69, 9.17) is 9.47 Å². The second-order valence-electron chi connectivity index (χ2n) is 4.62. The largest absolute Gasteiger partial charge is 0.481 e. The van der Waals surface area contributed by atoms with Gasteiger partial charge in [-0.1, -0.05) is 11.3 Å². The Bertz CT molecular complexity index is 371. The first-order valence-corrected chi connectivity index (χ1v) is 7.36. The van der Waals surface area contributed by atoms with Crippen LogP contribution in [0.1, 0.15) is 30.4 Å². The normalized spacial score (nSPS) is 10.6. The molecule has 0 aliphatic heterocycles. The average Bonchev–Trinajstić information content (AvgIpc) is 2.65. The smallest absolute Gasteiger partial charge is 0.188 e. The van der Waals surface area contributed by atoms with Crippen molar-refractivity contribution in [3.63, 3.8) is 0 Å². The molecule has 1 aromatic heterocycles. The maximum atomic E-state index is 10.5. The third-order valence-corrected chi connectivity index (χ3v) is 3.47. The van der Waals surface area contributed by atoms with Gasteiger partial charge in [0.15, 0.2) is 11.3 Å². The third kappa shape index (κ3) is 9.15. The summed E-state index contributed by atoms with van der Waals surface area (Å²) in [7, 11) is 3.25. The predicted molar refractivity (Wildman–Crippen MR) is 81.5 cm³/mol. The molecule has 0 bridgehead atoms. The molecule has 0 aromatic carbocycles. The van der Waals surface area contributed by atoms with E-state index >= 15 is 0 Å². The molecular formula is C13H21BrO4S. The molecule has 0 atom stereocenters. The monoisotopic (exact) mass is 352 g/mol. The molecule has 0 radical (unpaired) electrons. The summed E-state index contributed by atoms with van der Waals surface area (Å²) in [6.07, 6.45) is 0.813. The average molecular weight is 353 g/mol. The lowest BCUT2D eigenvalue weighted by atomic mass is 10.2. The summed E-state index contributed by atoms with van der Waals surface area (Å²) >= 11 is 4.66. The molecule has 0 aliphatic rings. The third-order valence-electron chi connectivity index (χ3n) is 1.64. The number of halogens is 1. The lowest BCUT2D eigenvalue weighted by Gasteiger charge is -2.19. The molecular weight excluding hydrogens is 332 g/mol. The van der Waals surface area contributed by atoms with Gasteiger partial charge in [0.2, 0.25) is 0 Å². The number of ether oxygens (including phenoxy) is 3. The van der Waals surface area contributed by atoms with Crippen LogP contribution in [0.4, 0.5) is 0 Å². The van der Waals surface area contributed by atoms with Gasteiger partial charge in [-0.25, -0.2) is 0 Å². The molecule has 4 nitrogen and oxygen atoms in total. The first kappa shape index (κ1) is 18.6. The van der Waals surface area contributed by atoms with Crippen LogP contribution in [-0.2, 0) is 9.47 Å². The zero-order valence-corrected chi connectivity index (χ0v) is 14.4. The van der Waals surface area contributed by atoms with E-state index in [1.54, 1.807) is 20.3 Å². The van der Waals surface area contributed by atoms with Crippen molar-refractivity contribution >= 4 is 33.6 Å². The van der Waals surface area contributed by atoms with Crippen molar-refractivity contribution in [2.24, 2.45) is 0 Å². The second kappa shape index (κ2) is 9.47. The Hall–Kier alpha value is -0.430. The van der Waals surface area contributed by atoms with Gasteiger partial charge in [-0.15, -0.1) is 0 Å². The fraction of sp³-hybridized carbons (Fsp3) is 0.615. The van der Waals surface area contributed by atoms with E-state index in [-0.39, 0.29) is 5.60 Å². The van der Waals surface area contributed by atoms with Crippen molar-refractivity contribution in [2.75, 3.05) is 27.4 Å². The summed E-state index contributed by atoms with van der Waals surface area (Å²) in [5.41, 5.74) is -0.149. The Kier molecular flexibility index (Phi) is 9.26. The van der Waals surface area contributed by atoms with Crippen LogP contribution in [0.2, 0.25) is 0 Å². The summed E-state index contributed by atoms with van der Waals surface area (Å²) in [5.74, 6) is 0. The number of methoxy groups -OCH3 is 1. The van der Waals surface area contributed by atoms with Crippen LogP contribution in [0.3, 0.4) is 0 Å². The Morgan fingerprint density at radius 3 is 2.32 bits per heavy atom. The van der Waals surface area contributed by atoms with Gasteiger partial charge >= 0.3 is 0 Å².